The van der Waals surface area contributed by atoms with Crippen LogP contribution in [0.4, 0.5) is 0 Å². The van der Waals surface area contributed by atoms with Crippen molar-refractivity contribution in [1.29, 1.82) is 0 Å². The summed E-state index contributed by atoms with van der Waals surface area (Å²) in [4.78, 5) is 0. The van der Waals surface area contributed by atoms with Crippen molar-refractivity contribution in [3.8, 4) is 0 Å². The Morgan fingerprint density at radius 2 is 1.82 bits per heavy atom. The molecule has 0 saturated heterocycles. The normalized spacial score (nSPS) is 13.7. The number of ether oxygens (including phenoxy) is 1. The average Bonchev–Trinajstić information content (AvgIpc) is 2.24. The molecule has 0 aliphatic carbocycles. The first-order valence-electron chi connectivity index (χ1n) is 5.92. The van der Waals surface area contributed by atoms with Crippen LogP contribution in [0.2, 0.25) is 5.02 Å². The molecule has 1 rings (SSSR count). The van der Waals surface area contributed by atoms with E-state index in [1.807, 2.05) is 45.0 Å². The molecule has 1 aromatic carbocycles. The molecule has 0 heterocycles. The fourth-order valence-electron chi connectivity index (χ4n) is 1.61. The van der Waals surface area contributed by atoms with E-state index in [9.17, 15) is 5.11 Å². The molecule has 0 radical (unpaired) electrons. The minimum absolute atomic E-state index is 0.120. The van der Waals surface area contributed by atoms with Crippen LogP contribution in [-0.4, -0.2) is 23.9 Å². The van der Waals surface area contributed by atoms with Gasteiger partial charge >= 0.3 is 0 Å². The summed E-state index contributed by atoms with van der Waals surface area (Å²) in [5.74, 6) is 0.120. The van der Waals surface area contributed by atoms with E-state index in [-0.39, 0.29) is 18.1 Å². The molecule has 2 nitrogen and oxygen atoms in total. The number of hydrogen-bond donors (Lipinski definition) is 1. The summed E-state index contributed by atoms with van der Waals surface area (Å²) in [5.41, 5.74) is 0.981. The van der Waals surface area contributed by atoms with Crippen LogP contribution in [-0.2, 0) is 4.74 Å². The van der Waals surface area contributed by atoms with Crippen molar-refractivity contribution in [3.63, 3.8) is 0 Å². The highest BCUT2D eigenvalue weighted by Crippen LogP contribution is 2.22. The van der Waals surface area contributed by atoms with Crippen LogP contribution in [0.3, 0.4) is 0 Å². The summed E-state index contributed by atoms with van der Waals surface area (Å²) in [6.45, 7) is 6.88. The van der Waals surface area contributed by atoms with Crippen molar-refractivity contribution in [3.05, 3.63) is 34.9 Å². The third kappa shape index (κ3) is 5.53. The second-order valence-electron chi connectivity index (χ2n) is 5.18. The van der Waals surface area contributed by atoms with Crippen LogP contribution in [0.25, 0.3) is 0 Å². The molecule has 1 atom stereocenters. The smallest absolute Gasteiger partial charge is 0.0598 e. The van der Waals surface area contributed by atoms with Crippen LogP contribution in [0.5, 0.6) is 0 Å². The Morgan fingerprint density at radius 3 is 2.29 bits per heavy atom. The number of hydrogen-bond acceptors (Lipinski definition) is 2. The van der Waals surface area contributed by atoms with Crippen LogP contribution in [0.15, 0.2) is 24.3 Å². The third-order valence-corrected chi connectivity index (χ3v) is 2.82. The van der Waals surface area contributed by atoms with E-state index in [2.05, 4.69) is 0 Å². The Hall–Kier alpha value is -0.570. The van der Waals surface area contributed by atoms with Gasteiger partial charge in [0.1, 0.15) is 0 Å². The minimum Gasteiger partial charge on any atom is -0.396 e. The molecular weight excluding hydrogens is 236 g/mol. The van der Waals surface area contributed by atoms with Crippen LogP contribution < -0.4 is 0 Å². The summed E-state index contributed by atoms with van der Waals surface area (Å²) >= 11 is 5.84. The van der Waals surface area contributed by atoms with E-state index in [4.69, 9.17) is 16.3 Å². The van der Waals surface area contributed by atoms with E-state index in [1.54, 1.807) is 0 Å². The number of aliphatic hydroxyl groups is 1. The largest absolute Gasteiger partial charge is 0.396 e. The highest BCUT2D eigenvalue weighted by Gasteiger charge is 2.14. The molecule has 1 unspecified atom stereocenters. The zero-order valence-electron chi connectivity index (χ0n) is 10.7. The first-order valence-corrected chi connectivity index (χ1v) is 6.30. The van der Waals surface area contributed by atoms with E-state index in [0.29, 0.717) is 6.61 Å². The summed E-state index contributed by atoms with van der Waals surface area (Å²) < 4.78 is 5.67. The van der Waals surface area contributed by atoms with Crippen molar-refractivity contribution >= 4 is 11.6 Å². The fraction of sp³-hybridized carbons (Fsp3) is 0.571. The van der Waals surface area contributed by atoms with Gasteiger partial charge in [-0.2, -0.15) is 0 Å². The monoisotopic (exact) mass is 256 g/mol. The van der Waals surface area contributed by atoms with Gasteiger partial charge in [0, 0.05) is 17.5 Å². The van der Waals surface area contributed by atoms with Gasteiger partial charge < -0.3 is 9.84 Å². The summed E-state index contributed by atoms with van der Waals surface area (Å²) in [5, 5.41) is 10.1. The van der Waals surface area contributed by atoms with Gasteiger partial charge in [-0.05, 0) is 44.9 Å². The SMILES string of the molecule is CC(C)(C)OCCC(CO)c1ccc(Cl)cc1. The van der Waals surface area contributed by atoms with Crippen molar-refractivity contribution in [2.75, 3.05) is 13.2 Å². The second-order valence-corrected chi connectivity index (χ2v) is 5.62. The highest BCUT2D eigenvalue weighted by atomic mass is 35.5. The number of rotatable bonds is 5. The van der Waals surface area contributed by atoms with E-state index in [0.717, 1.165) is 17.0 Å². The predicted octanol–water partition coefficient (Wildman–Crippen LogP) is 3.62. The second kappa shape index (κ2) is 6.39. The average molecular weight is 257 g/mol. The molecule has 17 heavy (non-hydrogen) atoms. The molecule has 0 aromatic heterocycles. The first-order chi connectivity index (χ1) is 7.92. The predicted molar refractivity (Wildman–Crippen MR) is 71.6 cm³/mol. The van der Waals surface area contributed by atoms with Crippen molar-refractivity contribution < 1.29 is 9.84 Å². The van der Waals surface area contributed by atoms with Crippen LogP contribution in [0.1, 0.15) is 38.7 Å². The zero-order valence-corrected chi connectivity index (χ0v) is 11.5. The Kier molecular flexibility index (Phi) is 5.44. The van der Waals surface area contributed by atoms with Gasteiger partial charge in [0.15, 0.2) is 0 Å². The van der Waals surface area contributed by atoms with Gasteiger partial charge in [0.05, 0.1) is 12.2 Å². The maximum atomic E-state index is 9.39. The number of benzene rings is 1. The molecule has 0 amide bonds. The number of aliphatic hydroxyl groups excluding tert-OH is 1. The van der Waals surface area contributed by atoms with Crippen LogP contribution in [0, 0.1) is 0 Å². The van der Waals surface area contributed by atoms with Crippen LogP contribution >= 0.6 is 11.6 Å². The molecule has 0 bridgehead atoms. The van der Waals surface area contributed by atoms with Crippen molar-refractivity contribution in [1.82, 2.24) is 0 Å². The van der Waals surface area contributed by atoms with Gasteiger partial charge in [-0.15, -0.1) is 0 Å². The number of halogens is 1. The lowest BCUT2D eigenvalue weighted by molar-refractivity contribution is -0.00804. The molecule has 0 aliphatic heterocycles. The quantitative estimate of drug-likeness (QED) is 0.872. The Bertz CT molecular complexity index is 327. The Labute approximate surface area is 109 Å². The van der Waals surface area contributed by atoms with Gasteiger partial charge in [-0.1, -0.05) is 23.7 Å². The van der Waals surface area contributed by atoms with E-state index >= 15 is 0 Å². The molecule has 1 N–H and O–H groups in total. The molecule has 0 saturated carbocycles. The lowest BCUT2D eigenvalue weighted by Gasteiger charge is -2.22. The Balaban J connectivity index is 2.51. The lowest BCUT2D eigenvalue weighted by Crippen LogP contribution is -2.21. The molecule has 1 aromatic rings. The van der Waals surface area contributed by atoms with Gasteiger partial charge in [0.2, 0.25) is 0 Å². The maximum absolute atomic E-state index is 9.39. The molecule has 0 aliphatic rings. The third-order valence-electron chi connectivity index (χ3n) is 2.56. The Morgan fingerprint density at radius 1 is 1.24 bits per heavy atom. The van der Waals surface area contributed by atoms with Crippen molar-refractivity contribution in [2.45, 2.75) is 38.7 Å². The summed E-state index contributed by atoms with van der Waals surface area (Å²) in [6.07, 6.45) is 0.815. The lowest BCUT2D eigenvalue weighted by atomic mass is 9.97. The highest BCUT2D eigenvalue weighted by molar-refractivity contribution is 6.30. The van der Waals surface area contributed by atoms with E-state index < -0.39 is 0 Å². The van der Waals surface area contributed by atoms with Gasteiger partial charge in [0.25, 0.3) is 0 Å². The van der Waals surface area contributed by atoms with E-state index in [1.165, 1.54) is 0 Å². The molecule has 3 heteroatoms. The maximum Gasteiger partial charge on any atom is 0.0598 e. The molecule has 96 valence electrons. The summed E-state index contributed by atoms with van der Waals surface area (Å²) in [6, 6.07) is 7.62. The topological polar surface area (TPSA) is 29.5 Å². The van der Waals surface area contributed by atoms with Crippen molar-refractivity contribution in [2.24, 2.45) is 0 Å². The van der Waals surface area contributed by atoms with Gasteiger partial charge in [-0.25, -0.2) is 0 Å². The molecular formula is C14H21ClO2. The zero-order chi connectivity index (χ0) is 12.9. The van der Waals surface area contributed by atoms with Gasteiger partial charge in [-0.3, -0.25) is 0 Å². The minimum atomic E-state index is -0.125. The molecule has 0 spiro atoms. The fourth-order valence-corrected chi connectivity index (χ4v) is 1.73. The molecule has 0 fully saturated rings. The first kappa shape index (κ1) is 14.5. The standard InChI is InChI=1S/C14H21ClO2/c1-14(2,3)17-9-8-12(10-16)11-4-6-13(15)7-5-11/h4-7,12,16H,8-10H2,1-3H3. The summed E-state index contributed by atoms with van der Waals surface area (Å²) in [7, 11) is 0.